The number of furan rings is 1. The molecule has 0 atom stereocenters. The molecule has 0 radical (unpaired) electrons. The quantitative estimate of drug-likeness (QED) is 0.735. The van der Waals surface area contributed by atoms with Crippen molar-refractivity contribution in [1.82, 2.24) is 0 Å². The van der Waals surface area contributed by atoms with Crippen LogP contribution in [0, 0.1) is 12.8 Å². The van der Waals surface area contributed by atoms with Crippen molar-refractivity contribution >= 4 is 0 Å². The van der Waals surface area contributed by atoms with Gasteiger partial charge in [0.2, 0.25) is 0 Å². The van der Waals surface area contributed by atoms with Crippen molar-refractivity contribution in [3.63, 3.8) is 0 Å². The Morgan fingerprint density at radius 1 is 1.00 bits per heavy atom. The monoisotopic (exact) mass is 214 g/mol. The Balaban J connectivity index is 2.19. The Morgan fingerprint density at radius 2 is 1.69 bits per heavy atom. The van der Waals surface area contributed by atoms with Gasteiger partial charge >= 0.3 is 0 Å². The fraction of sp³-hybridized carbons (Fsp3) is 0.333. The normalized spacial score (nSPS) is 11.0. The zero-order chi connectivity index (χ0) is 11.5. The molecule has 2 aromatic rings. The summed E-state index contributed by atoms with van der Waals surface area (Å²) in [5, 5.41) is 0. The summed E-state index contributed by atoms with van der Waals surface area (Å²) in [6.45, 7) is 6.45. The molecule has 0 aliphatic rings. The van der Waals surface area contributed by atoms with Crippen molar-refractivity contribution in [2.45, 2.75) is 27.2 Å². The van der Waals surface area contributed by atoms with Gasteiger partial charge in [0.05, 0.1) is 0 Å². The van der Waals surface area contributed by atoms with Gasteiger partial charge < -0.3 is 4.42 Å². The highest BCUT2D eigenvalue weighted by Crippen LogP contribution is 2.22. The molecule has 0 saturated heterocycles. The highest BCUT2D eigenvalue weighted by Gasteiger charge is 2.03. The summed E-state index contributed by atoms with van der Waals surface area (Å²) in [4.78, 5) is 0. The summed E-state index contributed by atoms with van der Waals surface area (Å²) >= 11 is 0. The second-order valence-corrected chi connectivity index (χ2v) is 4.71. The van der Waals surface area contributed by atoms with Crippen molar-refractivity contribution in [3.05, 3.63) is 47.7 Å². The molecule has 1 heteroatoms. The van der Waals surface area contributed by atoms with Gasteiger partial charge in [-0.1, -0.05) is 38.1 Å². The van der Waals surface area contributed by atoms with Crippen LogP contribution in [-0.2, 0) is 6.42 Å². The number of hydrogen-bond acceptors (Lipinski definition) is 1. The standard InChI is InChI=1S/C15H18O/c1-11(2)10-13-5-7-14(8-6-13)15-9-4-12(3)16-15/h4-9,11H,10H2,1-3H3. The molecule has 84 valence electrons. The summed E-state index contributed by atoms with van der Waals surface area (Å²) < 4.78 is 5.59. The van der Waals surface area contributed by atoms with E-state index < -0.39 is 0 Å². The fourth-order valence-electron chi connectivity index (χ4n) is 1.87. The Bertz CT molecular complexity index is 449. The first-order valence-electron chi connectivity index (χ1n) is 5.81. The summed E-state index contributed by atoms with van der Waals surface area (Å²) in [6, 6.07) is 12.7. The van der Waals surface area contributed by atoms with E-state index in [9.17, 15) is 0 Å². The lowest BCUT2D eigenvalue weighted by Crippen LogP contribution is -1.93. The van der Waals surface area contributed by atoms with Crippen molar-refractivity contribution < 1.29 is 4.42 Å². The molecular formula is C15H18O. The van der Waals surface area contributed by atoms with Crippen LogP contribution in [0.2, 0.25) is 0 Å². The van der Waals surface area contributed by atoms with Gasteiger partial charge in [0.25, 0.3) is 0 Å². The zero-order valence-corrected chi connectivity index (χ0v) is 10.2. The number of rotatable bonds is 3. The third-order valence-corrected chi connectivity index (χ3v) is 2.62. The summed E-state index contributed by atoms with van der Waals surface area (Å²) in [6.07, 6.45) is 1.14. The molecule has 1 heterocycles. The molecule has 0 aliphatic carbocycles. The fourth-order valence-corrected chi connectivity index (χ4v) is 1.87. The van der Waals surface area contributed by atoms with E-state index in [1.807, 2.05) is 19.1 Å². The molecule has 0 N–H and O–H groups in total. The second kappa shape index (κ2) is 4.56. The minimum absolute atomic E-state index is 0.705. The lowest BCUT2D eigenvalue weighted by Gasteiger charge is -2.05. The van der Waals surface area contributed by atoms with Gasteiger partial charge in [-0.25, -0.2) is 0 Å². The van der Waals surface area contributed by atoms with Crippen LogP contribution in [0.1, 0.15) is 25.2 Å². The summed E-state index contributed by atoms with van der Waals surface area (Å²) in [5.41, 5.74) is 2.54. The summed E-state index contributed by atoms with van der Waals surface area (Å²) in [5.74, 6) is 2.62. The topological polar surface area (TPSA) is 13.1 Å². The average molecular weight is 214 g/mol. The minimum atomic E-state index is 0.705. The second-order valence-electron chi connectivity index (χ2n) is 4.71. The van der Waals surface area contributed by atoms with Crippen molar-refractivity contribution in [2.24, 2.45) is 5.92 Å². The molecule has 1 nitrogen and oxygen atoms in total. The lowest BCUT2D eigenvalue weighted by atomic mass is 10.0. The molecule has 0 fully saturated rings. The maximum absolute atomic E-state index is 5.59. The predicted octanol–water partition coefficient (Wildman–Crippen LogP) is 4.45. The third kappa shape index (κ3) is 2.54. The Labute approximate surface area is 97.1 Å². The van der Waals surface area contributed by atoms with Crippen molar-refractivity contribution in [3.8, 4) is 11.3 Å². The van der Waals surface area contributed by atoms with Crippen LogP contribution in [0.25, 0.3) is 11.3 Å². The molecule has 1 aromatic heterocycles. The first-order valence-corrected chi connectivity index (χ1v) is 5.81. The van der Waals surface area contributed by atoms with Gasteiger partial charge in [0.1, 0.15) is 11.5 Å². The predicted molar refractivity (Wildman–Crippen MR) is 67.4 cm³/mol. The molecule has 0 aliphatic heterocycles. The van der Waals surface area contributed by atoms with Crippen LogP contribution < -0.4 is 0 Å². The SMILES string of the molecule is Cc1ccc(-c2ccc(CC(C)C)cc2)o1. The lowest BCUT2D eigenvalue weighted by molar-refractivity contribution is 0.548. The number of benzene rings is 1. The molecule has 16 heavy (non-hydrogen) atoms. The highest BCUT2D eigenvalue weighted by atomic mass is 16.3. The van der Waals surface area contributed by atoms with E-state index >= 15 is 0 Å². The maximum Gasteiger partial charge on any atom is 0.134 e. The maximum atomic E-state index is 5.59. The van der Waals surface area contributed by atoms with Gasteiger partial charge in [-0.15, -0.1) is 0 Å². The van der Waals surface area contributed by atoms with Crippen LogP contribution in [-0.4, -0.2) is 0 Å². The molecule has 0 spiro atoms. The van der Waals surface area contributed by atoms with Crippen LogP contribution in [0.3, 0.4) is 0 Å². The molecule has 0 bridgehead atoms. The first-order chi connectivity index (χ1) is 7.65. The van der Waals surface area contributed by atoms with Gasteiger partial charge in [-0.3, -0.25) is 0 Å². The number of hydrogen-bond donors (Lipinski definition) is 0. The Kier molecular flexibility index (Phi) is 3.14. The van der Waals surface area contributed by atoms with E-state index in [2.05, 4.69) is 38.1 Å². The number of aryl methyl sites for hydroxylation is 1. The zero-order valence-electron chi connectivity index (χ0n) is 10.2. The van der Waals surface area contributed by atoms with Crippen LogP contribution >= 0.6 is 0 Å². The van der Waals surface area contributed by atoms with Gasteiger partial charge in [0, 0.05) is 5.56 Å². The van der Waals surface area contributed by atoms with E-state index in [1.165, 1.54) is 5.56 Å². The molecule has 0 amide bonds. The largest absolute Gasteiger partial charge is 0.461 e. The molecule has 1 aromatic carbocycles. The summed E-state index contributed by atoms with van der Waals surface area (Å²) in [7, 11) is 0. The van der Waals surface area contributed by atoms with E-state index in [0.29, 0.717) is 5.92 Å². The highest BCUT2D eigenvalue weighted by molar-refractivity contribution is 5.57. The Hall–Kier alpha value is -1.50. The molecule has 2 rings (SSSR count). The van der Waals surface area contributed by atoms with E-state index in [4.69, 9.17) is 4.42 Å². The first kappa shape index (κ1) is 11.0. The van der Waals surface area contributed by atoms with E-state index in [-0.39, 0.29) is 0 Å². The molecular weight excluding hydrogens is 196 g/mol. The average Bonchev–Trinajstić information content (AvgIpc) is 2.65. The van der Waals surface area contributed by atoms with E-state index in [0.717, 1.165) is 23.5 Å². The van der Waals surface area contributed by atoms with Crippen LogP contribution in [0.4, 0.5) is 0 Å². The Morgan fingerprint density at radius 3 is 2.19 bits per heavy atom. The van der Waals surface area contributed by atoms with Gasteiger partial charge in [-0.05, 0) is 37.0 Å². The molecule has 0 saturated carbocycles. The smallest absolute Gasteiger partial charge is 0.134 e. The van der Waals surface area contributed by atoms with Gasteiger partial charge in [0.15, 0.2) is 0 Å². The van der Waals surface area contributed by atoms with Gasteiger partial charge in [-0.2, -0.15) is 0 Å². The van der Waals surface area contributed by atoms with Crippen LogP contribution in [0.15, 0.2) is 40.8 Å². The minimum Gasteiger partial charge on any atom is -0.461 e. The van der Waals surface area contributed by atoms with E-state index in [1.54, 1.807) is 0 Å². The molecule has 0 unspecified atom stereocenters. The third-order valence-electron chi connectivity index (χ3n) is 2.62. The van der Waals surface area contributed by atoms with Crippen molar-refractivity contribution in [2.75, 3.05) is 0 Å². The van der Waals surface area contributed by atoms with Crippen molar-refractivity contribution in [1.29, 1.82) is 0 Å². The van der Waals surface area contributed by atoms with Crippen LogP contribution in [0.5, 0.6) is 0 Å².